The molecular weight excluding hydrogens is 358 g/mol. The van der Waals surface area contributed by atoms with Crippen molar-refractivity contribution in [2.24, 2.45) is 0 Å². The Labute approximate surface area is 162 Å². The second-order valence-corrected chi connectivity index (χ2v) is 8.33. The largest absolute Gasteiger partial charge is 0.368 e. The molecule has 2 fully saturated rings. The van der Waals surface area contributed by atoms with Crippen molar-refractivity contribution in [3.63, 3.8) is 0 Å². The van der Waals surface area contributed by atoms with Crippen LogP contribution < -0.4 is 14.7 Å². The van der Waals surface area contributed by atoms with E-state index in [-0.39, 0.29) is 0 Å². The van der Waals surface area contributed by atoms with Crippen molar-refractivity contribution < 1.29 is 0 Å². The van der Waals surface area contributed by atoms with Crippen LogP contribution in [0.5, 0.6) is 0 Å². The third-order valence-corrected chi connectivity index (χ3v) is 6.33. The van der Waals surface area contributed by atoms with Gasteiger partial charge in [-0.25, -0.2) is 9.97 Å². The Kier molecular flexibility index (Phi) is 4.27. The summed E-state index contributed by atoms with van der Waals surface area (Å²) in [6, 6.07) is 6.59. The minimum Gasteiger partial charge on any atom is -0.368 e. The number of fused-ring (bicyclic) bond motifs is 1. The van der Waals surface area contributed by atoms with Gasteiger partial charge >= 0.3 is 0 Å². The average molecular weight is 382 g/mol. The van der Waals surface area contributed by atoms with Crippen LogP contribution in [0.1, 0.15) is 17.8 Å². The van der Waals surface area contributed by atoms with Gasteiger partial charge in [-0.15, -0.1) is 10.2 Å². The minimum atomic E-state index is 0.969. The van der Waals surface area contributed by atoms with Gasteiger partial charge in [-0.1, -0.05) is 11.3 Å². The normalized spacial score (nSPS) is 17.9. The topological polar surface area (TPSA) is 61.3 Å². The monoisotopic (exact) mass is 381 g/mol. The highest BCUT2D eigenvalue weighted by Gasteiger charge is 2.21. The van der Waals surface area contributed by atoms with Gasteiger partial charge in [-0.05, 0) is 38.0 Å². The second-order valence-electron chi connectivity index (χ2n) is 7.17. The predicted octanol–water partition coefficient (Wildman–Crippen LogP) is 2.72. The highest BCUT2D eigenvalue weighted by atomic mass is 32.1. The van der Waals surface area contributed by atoms with Crippen LogP contribution in [0.4, 0.5) is 16.6 Å². The van der Waals surface area contributed by atoms with Gasteiger partial charge in [0.2, 0.25) is 5.13 Å². The molecule has 0 unspecified atom stereocenters. The Balaban J connectivity index is 1.38. The Morgan fingerprint density at radius 1 is 0.852 bits per heavy atom. The van der Waals surface area contributed by atoms with Crippen LogP contribution in [0.25, 0.3) is 10.9 Å². The van der Waals surface area contributed by atoms with Crippen LogP contribution in [0.15, 0.2) is 24.5 Å². The maximum Gasteiger partial charge on any atom is 0.208 e. The van der Waals surface area contributed by atoms with Crippen molar-refractivity contribution in [1.29, 1.82) is 0 Å². The first-order chi connectivity index (χ1) is 13.3. The Morgan fingerprint density at radius 3 is 2.37 bits per heavy atom. The van der Waals surface area contributed by atoms with E-state index in [2.05, 4.69) is 53.1 Å². The van der Waals surface area contributed by atoms with Crippen LogP contribution in [0.2, 0.25) is 0 Å². The molecule has 0 atom stereocenters. The maximum absolute atomic E-state index is 4.60. The molecule has 7 nitrogen and oxygen atoms in total. The minimum absolute atomic E-state index is 0.969. The fourth-order valence-electron chi connectivity index (χ4n) is 3.98. The summed E-state index contributed by atoms with van der Waals surface area (Å²) >= 11 is 1.67. The van der Waals surface area contributed by atoms with E-state index in [1.807, 2.05) is 6.92 Å². The lowest BCUT2D eigenvalue weighted by atomic mass is 10.1. The van der Waals surface area contributed by atoms with E-state index < -0.39 is 0 Å². The zero-order valence-electron chi connectivity index (χ0n) is 15.5. The van der Waals surface area contributed by atoms with Gasteiger partial charge in [0.15, 0.2) is 0 Å². The zero-order chi connectivity index (χ0) is 18.2. The number of rotatable bonds is 3. The summed E-state index contributed by atoms with van der Waals surface area (Å²) < 4.78 is 0. The number of hydrogen-bond donors (Lipinski definition) is 0. The van der Waals surface area contributed by atoms with E-state index >= 15 is 0 Å². The van der Waals surface area contributed by atoms with Gasteiger partial charge in [0.05, 0.1) is 5.52 Å². The van der Waals surface area contributed by atoms with Gasteiger partial charge in [0.25, 0.3) is 0 Å². The molecule has 5 rings (SSSR count). The molecule has 0 N–H and O–H groups in total. The van der Waals surface area contributed by atoms with Crippen molar-refractivity contribution in [2.75, 3.05) is 54.0 Å². The summed E-state index contributed by atoms with van der Waals surface area (Å²) in [5.41, 5.74) is 2.28. The molecule has 0 radical (unpaired) electrons. The summed E-state index contributed by atoms with van der Waals surface area (Å²) in [7, 11) is 0. The Morgan fingerprint density at radius 2 is 1.63 bits per heavy atom. The smallest absolute Gasteiger partial charge is 0.208 e. The van der Waals surface area contributed by atoms with Crippen LogP contribution in [-0.2, 0) is 0 Å². The lowest BCUT2D eigenvalue weighted by Gasteiger charge is -2.36. The fourth-order valence-corrected chi connectivity index (χ4v) is 4.72. The van der Waals surface area contributed by atoms with Crippen molar-refractivity contribution in [1.82, 2.24) is 20.2 Å². The van der Waals surface area contributed by atoms with Crippen molar-refractivity contribution in [3.05, 3.63) is 29.5 Å². The fraction of sp³-hybridized carbons (Fsp3) is 0.474. The number of aryl methyl sites for hydroxylation is 1. The summed E-state index contributed by atoms with van der Waals surface area (Å²) in [6.45, 7) is 8.10. The molecule has 0 saturated carbocycles. The molecule has 3 aromatic rings. The van der Waals surface area contributed by atoms with Gasteiger partial charge in [0, 0.05) is 50.3 Å². The lowest BCUT2D eigenvalue weighted by molar-refractivity contribution is 0.650. The van der Waals surface area contributed by atoms with E-state index in [4.69, 9.17) is 0 Å². The van der Waals surface area contributed by atoms with Crippen LogP contribution in [-0.4, -0.2) is 59.4 Å². The molecule has 8 heteroatoms. The average Bonchev–Trinajstić information content (AvgIpc) is 3.39. The number of anilines is 3. The third-order valence-electron chi connectivity index (χ3n) is 5.43. The number of nitrogens with zero attached hydrogens (tertiary/aromatic N) is 7. The highest BCUT2D eigenvalue weighted by molar-refractivity contribution is 7.15. The summed E-state index contributed by atoms with van der Waals surface area (Å²) in [5.74, 6) is 1.09. The SMILES string of the molecule is Cc1nnc(N2CCN(c3ccc4ncnc(N5CCCC5)c4c3)CC2)s1. The van der Waals surface area contributed by atoms with E-state index in [0.717, 1.165) is 60.7 Å². The van der Waals surface area contributed by atoms with Crippen molar-refractivity contribution >= 4 is 38.9 Å². The molecule has 0 aliphatic carbocycles. The Bertz CT molecular complexity index is 942. The zero-order valence-corrected chi connectivity index (χ0v) is 16.3. The summed E-state index contributed by atoms with van der Waals surface area (Å²) in [6.07, 6.45) is 4.19. The molecule has 2 aliphatic rings. The molecule has 2 saturated heterocycles. The van der Waals surface area contributed by atoms with E-state index in [1.54, 1.807) is 17.7 Å². The second kappa shape index (κ2) is 6.92. The van der Waals surface area contributed by atoms with Crippen LogP contribution in [0, 0.1) is 6.92 Å². The standard InChI is InChI=1S/C19H23N7S/c1-14-22-23-19(27-14)26-10-8-24(9-11-26)15-4-5-17-16(12-15)18(21-13-20-17)25-6-2-3-7-25/h4-5,12-13H,2-3,6-11H2,1H3. The first kappa shape index (κ1) is 16.7. The molecule has 0 bridgehead atoms. The molecule has 0 amide bonds. The van der Waals surface area contributed by atoms with Crippen molar-refractivity contribution in [3.8, 4) is 0 Å². The number of aromatic nitrogens is 4. The van der Waals surface area contributed by atoms with Gasteiger partial charge in [0.1, 0.15) is 17.2 Å². The number of hydrogen-bond acceptors (Lipinski definition) is 8. The predicted molar refractivity (Wildman–Crippen MR) is 110 cm³/mol. The molecule has 0 spiro atoms. The molecule has 1 aromatic carbocycles. The number of benzene rings is 1. The van der Waals surface area contributed by atoms with Gasteiger partial charge < -0.3 is 14.7 Å². The van der Waals surface area contributed by atoms with Crippen LogP contribution in [0.3, 0.4) is 0 Å². The number of piperazine rings is 1. The molecule has 27 heavy (non-hydrogen) atoms. The summed E-state index contributed by atoms with van der Waals surface area (Å²) in [5, 5.41) is 11.7. The molecule has 140 valence electrons. The molecular formula is C19H23N7S. The highest BCUT2D eigenvalue weighted by Crippen LogP contribution is 2.30. The first-order valence-corrected chi connectivity index (χ1v) is 10.4. The third kappa shape index (κ3) is 3.18. The first-order valence-electron chi connectivity index (χ1n) is 9.58. The molecule has 4 heterocycles. The van der Waals surface area contributed by atoms with Crippen LogP contribution >= 0.6 is 11.3 Å². The van der Waals surface area contributed by atoms with E-state index in [9.17, 15) is 0 Å². The Hall–Kier alpha value is -2.48. The van der Waals surface area contributed by atoms with E-state index in [1.165, 1.54) is 23.9 Å². The lowest BCUT2D eigenvalue weighted by Crippen LogP contribution is -2.46. The van der Waals surface area contributed by atoms with Gasteiger partial charge in [-0.2, -0.15) is 0 Å². The molecule has 2 aromatic heterocycles. The van der Waals surface area contributed by atoms with Crippen molar-refractivity contribution in [2.45, 2.75) is 19.8 Å². The van der Waals surface area contributed by atoms with E-state index in [0.29, 0.717) is 0 Å². The maximum atomic E-state index is 4.60. The quantitative estimate of drug-likeness (QED) is 0.691. The van der Waals surface area contributed by atoms with Gasteiger partial charge in [-0.3, -0.25) is 0 Å². The molecule has 2 aliphatic heterocycles. The summed E-state index contributed by atoms with van der Waals surface area (Å²) in [4.78, 5) is 16.3.